The average molecular weight is 281 g/mol. The number of benzene rings is 2. The van der Waals surface area contributed by atoms with Gasteiger partial charge in [-0.15, -0.1) is 0 Å². The molecule has 1 aromatic heterocycles. The first-order valence-electron chi connectivity index (χ1n) is 6.80. The lowest BCUT2D eigenvalue weighted by molar-refractivity contribution is 0.629. The fraction of sp³-hybridized carbons (Fsp3) is 0.176. The van der Waals surface area contributed by atoms with Crippen molar-refractivity contribution in [2.24, 2.45) is 0 Å². The predicted octanol–water partition coefficient (Wildman–Crippen LogP) is 3.71. The van der Waals surface area contributed by atoms with E-state index in [1.54, 1.807) is 6.07 Å². The average Bonchev–Trinajstić information content (AvgIpc) is 2.49. The van der Waals surface area contributed by atoms with Crippen molar-refractivity contribution in [3.05, 3.63) is 65.7 Å². The maximum atomic E-state index is 13.5. The smallest absolute Gasteiger partial charge is 0.140 e. The molecule has 0 spiro atoms. The molecule has 0 amide bonds. The van der Waals surface area contributed by atoms with E-state index < -0.39 is 0 Å². The van der Waals surface area contributed by atoms with E-state index in [9.17, 15) is 4.39 Å². The maximum Gasteiger partial charge on any atom is 0.140 e. The molecule has 0 aliphatic carbocycles. The third-order valence-corrected chi connectivity index (χ3v) is 3.48. The number of rotatable bonds is 3. The highest BCUT2D eigenvalue weighted by Crippen LogP contribution is 2.24. The molecule has 21 heavy (non-hydrogen) atoms. The van der Waals surface area contributed by atoms with Crippen LogP contribution in [0, 0.1) is 12.7 Å². The van der Waals surface area contributed by atoms with Gasteiger partial charge in [0.25, 0.3) is 0 Å². The molecule has 0 saturated heterocycles. The Balaban J connectivity index is 1.95. The Morgan fingerprint density at radius 3 is 2.57 bits per heavy atom. The summed E-state index contributed by atoms with van der Waals surface area (Å²) < 4.78 is 13.5. The second-order valence-electron chi connectivity index (χ2n) is 5.20. The number of halogens is 1. The maximum absolute atomic E-state index is 13.5. The van der Waals surface area contributed by atoms with Crippen LogP contribution in [0.1, 0.15) is 11.1 Å². The molecule has 3 nitrogen and oxygen atoms in total. The van der Waals surface area contributed by atoms with Crippen LogP contribution in [0.5, 0.6) is 0 Å². The molecule has 0 aliphatic rings. The van der Waals surface area contributed by atoms with Crippen LogP contribution in [0.15, 0.2) is 48.8 Å². The minimum Gasteiger partial charge on any atom is -0.355 e. The normalized spacial score (nSPS) is 10.8. The highest BCUT2D eigenvalue weighted by molar-refractivity contribution is 5.89. The van der Waals surface area contributed by atoms with Crippen molar-refractivity contribution in [3.63, 3.8) is 0 Å². The molecule has 0 unspecified atom stereocenters. The van der Waals surface area contributed by atoms with Crippen LogP contribution in [0.3, 0.4) is 0 Å². The summed E-state index contributed by atoms with van der Waals surface area (Å²) in [6.07, 6.45) is 1.52. The zero-order valence-electron chi connectivity index (χ0n) is 12.0. The lowest BCUT2D eigenvalue weighted by atomic mass is 10.1. The van der Waals surface area contributed by atoms with Crippen molar-refractivity contribution >= 4 is 16.7 Å². The van der Waals surface area contributed by atoms with Gasteiger partial charge < -0.3 is 4.90 Å². The fourth-order valence-corrected chi connectivity index (χ4v) is 2.36. The summed E-state index contributed by atoms with van der Waals surface area (Å²) >= 11 is 0. The minimum absolute atomic E-state index is 0.276. The molecule has 0 saturated carbocycles. The van der Waals surface area contributed by atoms with Gasteiger partial charge in [-0.3, -0.25) is 0 Å². The quantitative estimate of drug-likeness (QED) is 0.732. The SMILES string of the molecule is Cc1ccc(CN(C)c2ncnc3ccc(F)cc23)cc1. The predicted molar refractivity (Wildman–Crippen MR) is 82.8 cm³/mol. The molecule has 0 N–H and O–H groups in total. The summed E-state index contributed by atoms with van der Waals surface area (Å²) in [4.78, 5) is 10.5. The first-order chi connectivity index (χ1) is 10.1. The molecule has 106 valence electrons. The number of aryl methyl sites for hydroxylation is 1. The molecule has 0 atom stereocenters. The zero-order chi connectivity index (χ0) is 14.8. The number of nitrogens with zero attached hydrogens (tertiary/aromatic N) is 3. The van der Waals surface area contributed by atoms with E-state index in [0.29, 0.717) is 6.54 Å². The van der Waals surface area contributed by atoms with Gasteiger partial charge in [0.15, 0.2) is 0 Å². The van der Waals surface area contributed by atoms with E-state index in [4.69, 9.17) is 0 Å². The summed E-state index contributed by atoms with van der Waals surface area (Å²) in [6.45, 7) is 2.77. The topological polar surface area (TPSA) is 29.0 Å². The molecular formula is C17H16FN3. The number of fused-ring (bicyclic) bond motifs is 1. The van der Waals surface area contributed by atoms with E-state index in [2.05, 4.69) is 41.2 Å². The van der Waals surface area contributed by atoms with Gasteiger partial charge in [0.2, 0.25) is 0 Å². The Labute approximate surface area is 123 Å². The molecule has 0 aliphatic heterocycles. The minimum atomic E-state index is -0.276. The first kappa shape index (κ1) is 13.5. The van der Waals surface area contributed by atoms with Crippen molar-refractivity contribution in [2.75, 3.05) is 11.9 Å². The Morgan fingerprint density at radius 2 is 1.81 bits per heavy atom. The van der Waals surface area contributed by atoms with Crippen LogP contribution in [-0.4, -0.2) is 17.0 Å². The van der Waals surface area contributed by atoms with E-state index in [-0.39, 0.29) is 5.82 Å². The zero-order valence-corrected chi connectivity index (χ0v) is 12.0. The third kappa shape index (κ3) is 2.84. The van der Waals surface area contributed by atoms with Gasteiger partial charge in [-0.1, -0.05) is 29.8 Å². The van der Waals surface area contributed by atoms with Crippen LogP contribution in [-0.2, 0) is 6.54 Å². The van der Waals surface area contributed by atoms with Crippen LogP contribution in [0.4, 0.5) is 10.2 Å². The summed E-state index contributed by atoms with van der Waals surface area (Å²) in [5.74, 6) is 0.461. The van der Waals surface area contributed by atoms with Crippen molar-refractivity contribution in [1.82, 2.24) is 9.97 Å². The van der Waals surface area contributed by atoms with Crippen molar-refractivity contribution in [2.45, 2.75) is 13.5 Å². The van der Waals surface area contributed by atoms with Crippen molar-refractivity contribution < 1.29 is 4.39 Å². The molecule has 2 aromatic carbocycles. The van der Waals surface area contributed by atoms with Gasteiger partial charge in [-0.25, -0.2) is 14.4 Å². The van der Waals surface area contributed by atoms with Gasteiger partial charge in [-0.05, 0) is 30.7 Å². The van der Waals surface area contributed by atoms with E-state index >= 15 is 0 Å². The molecule has 0 radical (unpaired) electrons. The highest BCUT2D eigenvalue weighted by Gasteiger charge is 2.10. The fourth-order valence-electron chi connectivity index (χ4n) is 2.36. The van der Waals surface area contributed by atoms with Crippen LogP contribution in [0.25, 0.3) is 10.9 Å². The van der Waals surface area contributed by atoms with E-state index in [1.807, 2.05) is 11.9 Å². The Morgan fingerprint density at radius 1 is 1.05 bits per heavy atom. The molecule has 0 fully saturated rings. The van der Waals surface area contributed by atoms with Gasteiger partial charge in [0, 0.05) is 19.0 Å². The number of anilines is 1. The number of hydrogen-bond acceptors (Lipinski definition) is 3. The van der Waals surface area contributed by atoms with E-state index in [0.717, 1.165) is 16.7 Å². The van der Waals surface area contributed by atoms with Crippen molar-refractivity contribution in [3.8, 4) is 0 Å². The Kier molecular flexibility index (Phi) is 3.52. The lowest BCUT2D eigenvalue weighted by Gasteiger charge is -2.19. The van der Waals surface area contributed by atoms with Crippen molar-refractivity contribution in [1.29, 1.82) is 0 Å². The summed E-state index contributed by atoms with van der Waals surface area (Å²) in [5.41, 5.74) is 3.17. The van der Waals surface area contributed by atoms with Gasteiger partial charge in [0.1, 0.15) is 18.0 Å². The molecule has 3 aromatic rings. The number of hydrogen-bond donors (Lipinski definition) is 0. The van der Waals surface area contributed by atoms with Crippen LogP contribution in [0.2, 0.25) is 0 Å². The van der Waals surface area contributed by atoms with Gasteiger partial charge in [0.05, 0.1) is 5.52 Å². The summed E-state index contributed by atoms with van der Waals surface area (Å²) in [5, 5.41) is 0.729. The standard InChI is InChI=1S/C17H16FN3/c1-12-3-5-13(6-4-12)10-21(2)17-15-9-14(18)7-8-16(15)19-11-20-17/h3-9,11H,10H2,1-2H3. The first-order valence-corrected chi connectivity index (χ1v) is 6.80. The molecule has 0 bridgehead atoms. The largest absolute Gasteiger partial charge is 0.355 e. The lowest BCUT2D eigenvalue weighted by Crippen LogP contribution is -2.18. The van der Waals surface area contributed by atoms with Gasteiger partial charge >= 0.3 is 0 Å². The summed E-state index contributed by atoms with van der Waals surface area (Å²) in [6, 6.07) is 12.9. The van der Waals surface area contributed by atoms with Gasteiger partial charge in [-0.2, -0.15) is 0 Å². The molecule has 3 rings (SSSR count). The van der Waals surface area contributed by atoms with Crippen LogP contribution >= 0.6 is 0 Å². The summed E-state index contributed by atoms with van der Waals surface area (Å²) in [7, 11) is 1.95. The molecule has 1 heterocycles. The second kappa shape index (κ2) is 5.48. The molecular weight excluding hydrogens is 265 g/mol. The Bertz CT molecular complexity index is 769. The molecule has 4 heteroatoms. The van der Waals surface area contributed by atoms with Crippen LogP contribution < -0.4 is 4.90 Å². The monoisotopic (exact) mass is 281 g/mol. The third-order valence-electron chi connectivity index (χ3n) is 3.48. The second-order valence-corrected chi connectivity index (χ2v) is 5.20. The number of aromatic nitrogens is 2. The Hall–Kier alpha value is -2.49. The highest BCUT2D eigenvalue weighted by atomic mass is 19.1. The van der Waals surface area contributed by atoms with E-state index in [1.165, 1.54) is 29.6 Å².